The summed E-state index contributed by atoms with van der Waals surface area (Å²) in [7, 11) is -3.89. The summed E-state index contributed by atoms with van der Waals surface area (Å²) < 4.78 is 39.6. The monoisotopic (exact) mass is 412 g/mol. The second kappa shape index (κ2) is 8.53. The van der Waals surface area contributed by atoms with Crippen LogP contribution in [0.4, 0.5) is 4.39 Å². The highest BCUT2D eigenvalue weighted by molar-refractivity contribution is 7.91. The molecule has 150 valence electrons. The Bertz CT molecular complexity index is 1110. The van der Waals surface area contributed by atoms with Gasteiger partial charge in [0.05, 0.1) is 4.90 Å². The molecule has 1 heterocycles. The number of amides is 1. The summed E-state index contributed by atoms with van der Waals surface area (Å²) in [6.45, 7) is 3.71. The number of hydrogen-bond acceptors (Lipinski definition) is 4. The minimum absolute atomic E-state index is 0.0202. The zero-order chi connectivity index (χ0) is 21.0. The SMILES string of the molecule is Cc1ccc(C(=O)NC[C@@H](c2cccnc2)S(=O)(=O)c2ccc(F)cc2)cc1C. The molecule has 1 atom stereocenters. The van der Waals surface area contributed by atoms with Crippen LogP contribution in [0.15, 0.2) is 71.9 Å². The van der Waals surface area contributed by atoms with Gasteiger partial charge < -0.3 is 5.32 Å². The molecule has 3 aromatic rings. The van der Waals surface area contributed by atoms with E-state index in [0.717, 1.165) is 23.3 Å². The van der Waals surface area contributed by atoms with Crippen LogP contribution in [0.3, 0.4) is 0 Å². The van der Waals surface area contributed by atoms with Crippen LogP contribution in [-0.2, 0) is 9.84 Å². The topological polar surface area (TPSA) is 76.1 Å². The van der Waals surface area contributed by atoms with E-state index in [1.807, 2.05) is 19.9 Å². The Morgan fingerprint density at radius 2 is 1.79 bits per heavy atom. The highest BCUT2D eigenvalue weighted by atomic mass is 32.2. The van der Waals surface area contributed by atoms with Gasteiger partial charge in [-0.2, -0.15) is 0 Å². The van der Waals surface area contributed by atoms with Crippen molar-refractivity contribution in [2.45, 2.75) is 24.0 Å². The van der Waals surface area contributed by atoms with Gasteiger partial charge in [-0.1, -0.05) is 12.1 Å². The van der Waals surface area contributed by atoms with E-state index >= 15 is 0 Å². The van der Waals surface area contributed by atoms with Crippen molar-refractivity contribution in [2.24, 2.45) is 0 Å². The van der Waals surface area contributed by atoms with Crippen LogP contribution in [0.5, 0.6) is 0 Å². The fourth-order valence-corrected chi connectivity index (χ4v) is 4.58. The molecule has 0 radical (unpaired) electrons. The zero-order valence-corrected chi connectivity index (χ0v) is 16.9. The minimum atomic E-state index is -3.89. The molecule has 0 fully saturated rings. The lowest BCUT2D eigenvalue weighted by Crippen LogP contribution is -2.32. The second-order valence-electron chi connectivity index (χ2n) is 6.78. The van der Waals surface area contributed by atoms with Crippen LogP contribution in [0.1, 0.15) is 32.3 Å². The molecule has 0 aliphatic carbocycles. The fourth-order valence-electron chi connectivity index (χ4n) is 2.93. The van der Waals surface area contributed by atoms with E-state index in [0.29, 0.717) is 11.1 Å². The Morgan fingerprint density at radius 3 is 2.41 bits per heavy atom. The van der Waals surface area contributed by atoms with E-state index < -0.39 is 20.9 Å². The number of pyridine rings is 1. The first-order valence-corrected chi connectivity index (χ1v) is 10.6. The molecular formula is C22H21FN2O3S. The standard InChI is InChI=1S/C22H21FN2O3S/c1-15-5-6-17(12-16(15)2)22(26)25-14-21(18-4-3-11-24-13-18)29(27,28)20-9-7-19(23)8-10-20/h3-13,21H,14H2,1-2H3,(H,25,26)/t21-/m0/s1. The molecule has 29 heavy (non-hydrogen) atoms. The number of carbonyl (C=O) groups is 1. The Kier molecular flexibility index (Phi) is 6.08. The largest absolute Gasteiger partial charge is 0.350 e. The highest BCUT2D eigenvalue weighted by Crippen LogP contribution is 2.28. The van der Waals surface area contributed by atoms with Gasteiger partial charge in [0.1, 0.15) is 11.1 Å². The summed E-state index contributed by atoms with van der Waals surface area (Å²) in [6.07, 6.45) is 2.99. The number of nitrogens with one attached hydrogen (secondary N) is 1. The van der Waals surface area contributed by atoms with Crippen molar-refractivity contribution in [3.8, 4) is 0 Å². The molecule has 7 heteroatoms. The predicted octanol–water partition coefficient (Wildman–Crippen LogP) is 3.78. The third-order valence-corrected chi connectivity index (χ3v) is 6.91. The molecule has 0 aliphatic heterocycles. The number of aromatic nitrogens is 1. The first-order chi connectivity index (χ1) is 13.8. The van der Waals surface area contributed by atoms with E-state index in [9.17, 15) is 17.6 Å². The molecule has 5 nitrogen and oxygen atoms in total. The fraction of sp³-hybridized carbons (Fsp3) is 0.182. The Hall–Kier alpha value is -3.06. The number of benzene rings is 2. The lowest BCUT2D eigenvalue weighted by atomic mass is 10.1. The van der Waals surface area contributed by atoms with Crippen LogP contribution in [0.25, 0.3) is 0 Å². The molecule has 3 rings (SSSR count). The summed E-state index contributed by atoms with van der Waals surface area (Å²) >= 11 is 0. The van der Waals surface area contributed by atoms with Gasteiger partial charge in [0, 0.05) is 24.5 Å². The van der Waals surface area contributed by atoms with Crippen LogP contribution in [0.2, 0.25) is 0 Å². The minimum Gasteiger partial charge on any atom is -0.350 e. The van der Waals surface area contributed by atoms with Crippen molar-refractivity contribution in [3.05, 3.63) is 95.1 Å². The molecule has 0 spiro atoms. The predicted molar refractivity (Wildman–Crippen MR) is 109 cm³/mol. The second-order valence-corrected chi connectivity index (χ2v) is 8.91. The first kappa shape index (κ1) is 20.7. The number of sulfone groups is 1. The average molecular weight is 412 g/mol. The summed E-state index contributed by atoms with van der Waals surface area (Å²) in [6, 6.07) is 13.2. The molecule has 1 N–H and O–H groups in total. The highest BCUT2D eigenvalue weighted by Gasteiger charge is 2.30. The van der Waals surface area contributed by atoms with Crippen LogP contribution < -0.4 is 5.32 Å². The van der Waals surface area contributed by atoms with Crippen molar-refractivity contribution < 1.29 is 17.6 Å². The molecule has 0 unspecified atom stereocenters. The molecule has 0 aliphatic rings. The summed E-state index contributed by atoms with van der Waals surface area (Å²) in [5, 5.41) is 1.65. The van der Waals surface area contributed by atoms with Crippen molar-refractivity contribution in [1.29, 1.82) is 0 Å². The summed E-state index contributed by atoms with van der Waals surface area (Å²) in [5.41, 5.74) is 2.93. The van der Waals surface area contributed by atoms with E-state index in [2.05, 4.69) is 10.3 Å². The molecule has 0 saturated heterocycles. The average Bonchev–Trinajstić information content (AvgIpc) is 2.71. The number of aryl methyl sites for hydroxylation is 2. The van der Waals surface area contributed by atoms with Gasteiger partial charge in [-0.15, -0.1) is 0 Å². The maximum absolute atomic E-state index is 13.2. The van der Waals surface area contributed by atoms with Crippen molar-refractivity contribution in [1.82, 2.24) is 10.3 Å². The first-order valence-electron chi connectivity index (χ1n) is 9.04. The Balaban J connectivity index is 1.89. The van der Waals surface area contributed by atoms with Crippen LogP contribution in [0, 0.1) is 19.7 Å². The molecule has 1 amide bonds. The van der Waals surface area contributed by atoms with E-state index in [4.69, 9.17) is 0 Å². The normalized spacial score (nSPS) is 12.4. The molecule has 0 saturated carbocycles. The number of halogens is 1. The van der Waals surface area contributed by atoms with Gasteiger partial charge in [-0.05, 0) is 73.0 Å². The van der Waals surface area contributed by atoms with E-state index in [-0.39, 0.29) is 17.3 Å². The molecule has 2 aromatic carbocycles. The van der Waals surface area contributed by atoms with Gasteiger partial charge in [0.15, 0.2) is 9.84 Å². The maximum atomic E-state index is 13.2. The third-order valence-electron chi connectivity index (χ3n) is 4.79. The number of carbonyl (C=O) groups excluding carboxylic acids is 1. The van der Waals surface area contributed by atoms with Crippen LogP contribution in [-0.4, -0.2) is 25.9 Å². The van der Waals surface area contributed by atoms with Crippen molar-refractivity contribution >= 4 is 15.7 Å². The van der Waals surface area contributed by atoms with Crippen molar-refractivity contribution in [3.63, 3.8) is 0 Å². The maximum Gasteiger partial charge on any atom is 0.251 e. The van der Waals surface area contributed by atoms with Gasteiger partial charge in [0.2, 0.25) is 0 Å². The van der Waals surface area contributed by atoms with Gasteiger partial charge in [-0.3, -0.25) is 9.78 Å². The zero-order valence-electron chi connectivity index (χ0n) is 16.1. The van der Waals surface area contributed by atoms with E-state index in [1.165, 1.54) is 18.3 Å². The smallest absolute Gasteiger partial charge is 0.251 e. The number of rotatable bonds is 6. The van der Waals surface area contributed by atoms with Gasteiger partial charge in [0.25, 0.3) is 5.91 Å². The Morgan fingerprint density at radius 1 is 1.07 bits per heavy atom. The summed E-state index contributed by atoms with van der Waals surface area (Å²) in [4.78, 5) is 16.6. The summed E-state index contributed by atoms with van der Waals surface area (Å²) in [5.74, 6) is -0.888. The Labute approximate surface area is 169 Å². The third kappa shape index (κ3) is 4.68. The van der Waals surface area contributed by atoms with E-state index in [1.54, 1.807) is 30.5 Å². The quantitative estimate of drug-likeness (QED) is 0.625. The molecule has 1 aromatic heterocycles. The van der Waals surface area contributed by atoms with Crippen LogP contribution >= 0.6 is 0 Å². The van der Waals surface area contributed by atoms with Gasteiger partial charge in [-0.25, -0.2) is 12.8 Å². The van der Waals surface area contributed by atoms with Crippen molar-refractivity contribution in [2.75, 3.05) is 6.54 Å². The number of hydrogen-bond donors (Lipinski definition) is 1. The number of nitrogens with zero attached hydrogens (tertiary/aromatic N) is 1. The molecular weight excluding hydrogens is 391 g/mol. The lowest BCUT2D eigenvalue weighted by Gasteiger charge is -2.19. The van der Waals surface area contributed by atoms with Gasteiger partial charge >= 0.3 is 0 Å². The lowest BCUT2D eigenvalue weighted by molar-refractivity contribution is 0.0953. The molecule has 0 bridgehead atoms.